The van der Waals surface area contributed by atoms with Gasteiger partial charge in [0.05, 0.1) is 66.9 Å². The smallest absolute Gasteiger partial charge is 0.104 e. The van der Waals surface area contributed by atoms with Crippen LogP contribution >= 0.6 is 0 Å². The molecule has 4 heterocycles. The number of rotatable bonds is 5. The van der Waals surface area contributed by atoms with Gasteiger partial charge >= 0.3 is 0 Å². The maximum Gasteiger partial charge on any atom is 0.104 e. The molecule has 0 fully saturated rings. The van der Waals surface area contributed by atoms with Crippen molar-refractivity contribution in [2.75, 3.05) is 0 Å². The second kappa shape index (κ2) is 14.4. The lowest BCUT2D eigenvalue weighted by Gasteiger charge is -2.21. The average Bonchev–Trinajstić information content (AvgIpc) is 4.13. The lowest BCUT2D eigenvalue weighted by molar-refractivity contribution is 1.11. The number of aromatic nitrogens is 4. The van der Waals surface area contributed by atoms with Crippen LogP contribution in [-0.4, -0.2) is 18.3 Å². The Morgan fingerprint density at radius 1 is 0.235 bits per heavy atom. The van der Waals surface area contributed by atoms with Crippen LogP contribution in [0.1, 0.15) is 11.1 Å². The first-order valence-electron chi connectivity index (χ1n) is 22.8. The van der Waals surface area contributed by atoms with E-state index in [4.69, 9.17) is 0 Å². The molecule has 6 heteroatoms. The third-order valence-electron chi connectivity index (χ3n) is 14.0. The van der Waals surface area contributed by atoms with E-state index < -0.39 is 0 Å². The van der Waals surface area contributed by atoms with Gasteiger partial charge in [-0.15, -0.1) is 0 Å². The van der Waals surface area contributed by atoms with Crippen LogP contribution in [0.2, 0.25) is 0 Å². The molecule has 10 aromatic carbocycles. The molecule has 4 aromatic heterocycles. The predicted molar refractivity (Wildman–Crippen MR) is 279 cm³/mol. The molecule has 0 radical (unpaired) electrons. The van der Waals surface area contributed by atoms with Gasteiger partial charge < -0.3 is 18.3 Å². The lowest BCUT2D eigenvalue weighted by atomic mass is 9.96. The molecule has 0 aliphatic rings. The van der Waals surface area contributed by atoms with Crippen molar-refractivity contribution in [2.45, 2.75) is 0 Å². The summed E-state index contributed by atoms with van der Waals surface area (Å²) in [6, 6.07) is 81.8. The molecule has 68 heavy (non-hydrogen) atoms. The minimum atomic E-state index is 0.547. The van der Waals surface area contributed by atoms with Crippen molar-refractivity contribution >= 4 is 87.2 Å². The van der Waals surface area contributed by atoms with Crippen LogP contribution in [0.3, 0.4) is 0 Å². The van der Waals surface area contributed by atoms with E-state index >= 15 is 0 Å². The summed E-state index contributed by atoms with van der Waals surface area (Å²) in [5.74, 6) is 0. The number of nitriles is 2. The Bertz CT molecular complexity index is 3760. The first-order chi connectivity index (χ1) is 33.7. The standard InChI is InChI=1S/C62H36N6/c63-37-49-59(65-51-25-9-1-17-41(51)42-18-2-10-26-52(42)65)33-39(34-60(49)66-53-27-11-3-19-43(53)44-20-4-12-28-54(44)66)40-35-61(67-55-29-13-5-21-45(55)46-22-6-14-30-56(46)67)50(38-64)62(36-40)68-57-31-15-7-23-47(57)48-24-8-16-32-58(48)68/h1-36H. The highest BCUT2D eigenvalue weighted by atomic mass is 15.0. The fraction of sp³-hybridized carbons (Fsp3) is 0. The molecule has 0 N–H and O–H groups in total. The molecule has 0 unspecified atom stereocenters. The van der Waals surface area contributed by atoms with Gasteiger partial charge in [0.15, 0.2) is 0 Å². The minimum absolute atomic E-state index is 0.547. The van der Waals surface area contributed by atoms with Gasteiger partial charge in [0, 0.05) is 43.1 Å². The van der Waals surface area contributed by atoms with E-state index in [2.05, 4.69) is 249 Å². The summed E-state index contributed by atoms with van der Waals surface area (Å²) >= 11 is 0. The first kappa shape index (κ1) is 37.7. The van der Waals surface area contributed by atoms with E-state index in [0.717, 1.165) is 121 Å². The highest BCUT2D eigenvalue weighted by Crippen LogP contribution is 2.44. The van der Waals surface area contributed by atoms with Crippen LogP contribution in [0.25, 0.3) is 121 Å². The van der Waals surface area contributed by atoms with Crippen molar-refractivity contribution in [1.29, 1.82) is 10.5 Å². The molecule has 0 bridgehead atoms. The number of hydrogen-bond donors (Lipinski definition) is 0. The Balaban J connectivity index is 1.18. The minimum Gasteiger partial charge on any atom is -0.308 e. The van der Waals surface area contributed by atoms with Crippen LogP contribution in [0, 0.1) is 22.7 Å². The summed E-state index contributed by atoms with van der Waals surface area (Å²) in [7, 11) is 0. The van der Waals surface area contributed by atoms with Crippen LogP contribution in [0.5, 0.6) is 0 Å². The lowest BCUT2D eigenvalue weighted by Crippen LogP contribution is -2.07. The topological polar surface area (TPSA) is 67.3 Å². The Morgan fingerprint density at radius 3 is 0.559 bits per heavy atom. The maximum absolute atomic E-state index is 11.6. The van der Waals surface area contributed by atoms with E-state index in [9.17, 15) is 10.5 Å². The van der Waals surface area contributed by atoms with Crippen molar-refractivity contribution in [3.63, 3.8) is 0 Å². The molecule has 0 spiro atoms. The monoisotopic (exact) mass is 864 g/mol. The van der Waals surface area contributed by atoms with Gasteiger partial charge in [0.1, 0.15) is 23.3 Å². The summed E-state index contributed by atoms with van der Waals surface area (Å²) in [4.78, 5) is 0. The maximum atomic E-state index is 11.6. The fourth-order valence-electron chi connectivity index (χ4n) is 11.2. The van der Waals surface area contributed by atoms with Gasteiger partial charge in [-0.05, 0) is 83.9 Å². The molecule has 14 rings (SSSR count). The molecule has 14 aromatic rings. The number of nitrogens with zero attached hydrogens (tertiary/aromatic N) is 6. The molecule has 0 aliphatic heterocycles. The molecular formula is C62H36N6. The van der Waals surface area contributed by atoms with Crippen LogP contribution < -0.4 is 0 Å². The summed E-state index contributed by atoms with van der Waals surface area (Å²) in [6.45, 7) is 0. The van der Waals surface area contributed by atoms with E-state index in [1.165, 1.54) is 0 Å². The summed E-state index contributed by atoms with van der Waals surface area (Å²) in [5, 5.41) is 32.1. The number of hydrogen-bond acceptors (Lipinski definition) is 2. The van der Waals surface area contributed by atoms with Gasteiger partial charge in [-0.1, -0.05) is 146 Å². The molecule has 0 amide bonds. The fourth-order valence-corrected chi connectivity index (χ4v) is 11.2. The van der Waals surface area contributed by atoms with Crippen molar-refractivity contribution in [3.8, 4) is 46.0 Å². The highest BCUT2D eigenvalue weighted by Gasteiger charge is 2.26. The van der Waals surface area contributed by atoms with Crippen LogP contribution in [-0.2, 0) is 0 Å². The third kappa shape index (κ3) is 5.20. The summed E-state index contributed by atoms with van der Waals surface area (Å²) in [5.41, 5.74) is 14.0. The highest BCUT2D eigenvalue weighted by molar-refractivity contribution is 6.13. The van der Waals surface area contributed by atoms with Gasteiger partial charge in [0.2, 0.25) is 0 Å². The van der Waals surface area contributed by atoms with Crippen molar-refractivity contribution < 1.29 is 0 Å². The Labute approximate surface area is 389 Å². The zero-order valence-electron chi connectivity index (χ0n) is 36.5. The Hall–Kier alpha value is -9.62. The second-order valence-electron chi connectivity index (χ2n) is 17.5. The van der Waals surface area contributed by atoms with Gasteiger partial charge in [-0.25, -0.2) is 0 Å². The summed E-state index contributed by atoms with van der Waals surface area (Å²) in [6.07, 6.45) is 0. The molecule has 314 valence electrons. The van der Waals surface area contributed by atoms with Gasteiger partial charge in [-0.3, -0.25) is 0 Å². The number of fused-ring (bicyclic) bond motifs is 12. The van der Waals surface area contributed by atoms with Crippen LogP contribution in [0.15, 0.2) is 218 Å². The third-order valence-corrected chi connectivity index (χ3v) is 14.0. The zero-order chi connectivity index (χ0) is 45.0. The SMILES string of the molecule is N#Cc1c(-n2c3ccccc3c3ccccc32)cc(-c2cc(-n3c4ccccc4c4ccccc43)c(C#N)c(-n3c4ccccc4c4ccccc43)c2)cc1-n1c2ccccc2c2ccccc21. The van der Waals surface area contributed by atoms with E-state index in [1.54, 1.807) is 0 Å². The van der Waals surface area contributed by atoms with E-state index in [0.29, 0.717) is 11.1 Å². The quantitative estimate of drug-likeness (QED) is 0.173. The molecule has 6 nitrogen and oxygen atoms in total. The Morgan fingerprint density at radius 2 is 0.397 bits per heavy atom. The van der Waals surface area contributed by atoms with Gasteiger partial charge in [-0.2, -0.15) is 10.5 Å². The normalized spacial score (nSPS) is 11.8. The predicted octanol–water partition coefficient (Wildman–Crippen LogP) is 15.5. The van der Waals surface area contributed by atoms with Crippen molar-refractivity contribution in [3.05, 3.63) is 230 Å². The molecule has 0 saturated carbocycles. The zero-order valence-corrected chi connectivity index (χ0v) is 36.5. The first-order valence-corrected chi connectivity index (χ1v) is 22.8. The molecule has 0 atom stereocenters. The number of benzene rings is 10. The largest absolute Gasteiger partial charge is 0.308 e. The Kier molecular flexibility index (Phi) is 8.01. The van der Waals surface area contributed by atoms with Crippen LogP contribution in [0.4, 0.5) is 0 Å². The van der Waals surface area contributed by atoms with Crippen molar-refractivity contribution in [1.82, 2.24) is 18.3 Å². The second-order valence-corrected chi connectivity index (χ2v) is 17.5. The molecule has 0 saturated heterocycles. The van der Waals surface area contributed by atoms with E-state index in [-0.39, 0.29) is 0 Å². The average molecular weight is 865 g/mol. The summed E-state index contributed by atoms with van der Waals surface area (Å²) < 4.78 is 9.04. The van der Waals surface area contributed by atoms with Gasteiger partial charge in [0.25, 0.3) is 0 Å². The van der Waals surface area contributed by atoms with E-state index in [1.807, 2.05) is 0 Å². The molecule has 0 aliphatic carbocycles. The number of para-hydroxylation sites is 8. The molecular weight excluding hydrogens is 829 g/mol. The van der Waals surface area contributed by atoms with Crippen molar-refractivity contribution in [2.24, 2.45) is 0 Å².